The average Bonchev–Trinajstić information content (AvgIpc) is 3.04. The number of anilines is 2. The highest BCUT2D eigenvalue weighted by molar-refractivity contribution is 9.11. The van der Waals surface area contributed by atoms with Crippen molar-refractivity contribution in [2.75, 3.05) is 37.0 Å². The first-order valence-corrected chi connectivity index (χ1v) is 12.4. The number of nitrogens with one attached hydrogen (secondary N) is 2. The van der Waals surface area contributed by atoms with E-state index in [0.29, 0.717) is 54.6 Å². The molecule has 1 saturated heterocycles. The van der Waals surface area contributed by atoms with Gasteiger partial charge in [0.05, 0.1) is 32.6 Å². The molecule has 0 bridgehead atoms. The van der Waals surface area contributed by atoms with E-state index in [-0.39, 0.29) is 11.8 Å². The molecule has 170 valence electrons. The highest BCUT2D eigenvalue weighted by Gasteiger charge is 2.45. The van der Waals surface area contributed by atoms with Gasteiger partial charge < -0.3 is 20.3 Å². The Bertz CT molecular complexity index is 1050. The van der Waals surface area contributed by atoms with Crippen LogP contribution >= 0.6 is 38.9 Å². The highest BCUT2D eigenvalue weighted by Crippen LogP contribution is 2.35. The van der Waals surface area contributed by atoms with Gasteiger partial charge in [-0.05, 0) is 65.5 Å². The number of ether oxygens (including phenoxy) is 1. The summed E-state index contributed by atoms with van der Waals surface area (Å²) >= 11 is 11.3. The fourth-order valence-corrected chi connectivity index (χ4v) is 5.45. The lowest BCUT2D eigenvalue weighted by Crippen LogP contribution is -2.61. The van der Waals surface area contributed by atoms with Crippen LogP contribution in [0.4, 0.5) is 11.4 Å². The van der Waals surface area contributed by atoms with Crippen molar-refractivity contribution < 1.29 is 14.3 Å². The van der Waals surface area contributed by atoms with Gasteiger partial charge in [0, 0.05) is 25.7 Å². The normalized spacial score (nSPS) is 19.2. The van der Waals surface area contributed by atoms with Crippen molar-refractivity contribution in [3.63, 3.8) is 0 Å². The first-order valence-electron chi connectivity index (χ1n) is 10.4. The molecule has 1 saturated carbocycles. The van der Waals surface area contributed by atoms with Crippen LogP contribution in [0.1, 0.15) is 35.4 Å². The molecule has 0 unspecified atom stereocenters. The maximum absolute atomic E-state index is 13.1. The van der Waals surface area contributed by atoms with Crippen molar-refractivity contribution in [2.24, 2.45) is 4.99 Å². The van der Waals surface area contributed by atoms with Crippen LogP contribution in [0.15, 0.2) is 39.1 Å². The van der Waals surface area contributed by atoms with Crippen molar-refractivity contribution >= 4 is 67.9 Å². The number of nitrogens with zero attached hydrogens (tertiary/aromatic N) is 2. The van der Waals surface area contributed by atoms with Gasteiger partial charge in [0.25, 0.3) is 5.91 Å². The fourth-order valence-electron chi connectivity index (χ4n) is 3.89. The third-order valence-corrected chi connectivity index (χ3v) is 7.71. The zero-order chi connectivity index (χ0) is 22.7. The van der Waals surface area contributed by atoms with E-state index in [9.17, 15) is 9.59 Å². The predicted molar refractivity (Wildman–Crippen MR) is 132 cm³/mol. The van der Waals surface area contributed by atoms with Gasteiger partial charge in [-0.25, -0.2) is 0 Å². The molecule has 0 spiro atoms. The molecule has 1 aromatic carbocycles. The van der Waals surface area contributed by atoms with Crippen LogP contribution in [0.25, 0.3) is 0 Å². The summed E-state index contributed by atoms with van der Waals surface area (Å²) in [6.45, 7) is 1.88. The Morgan fingerprint density at radius 2 is 2.06 bits per heavy atom. The van der Waals surface area contributed by atoms with E-state index >= 15 is 0 Å². The van der Waals surface area contributed by atoms with E-state index in [1.165, 1.54) is 11.3 Å². The number of hydrogen-bond donors (Lipinski definition) is 2. The first-order chi connectivity index (χ1) is 15.4. The standard InChI is InChI=1S/C22H24BrClN4O3S/c1-25-19-7-11-31-12-10-28(19)16-4-3-14(13-15(16)24)26-21(30)22(8-2-9-22)27-20(29)17-5-6-18(23)32-17/h3-6,13H,2,7-12H2,1H3,(H,26,30)(H,27,29). The Hall–Kier alpha value is -1.94. The van der Waals surface area contributed by atoms with Crippen molar-refractivity contribution in [2.45, 2.75) is 31.2 Å². The summed E-state index contributed by atoms with van der Waals surface area (Å²) in [5.41, 5.74) is 0.512. The van der Waals surface area contributed by atoms with Gasteiger partial charge in [-0.3, -0.25) is 14.6 Å². The second-order valence-electron chi connectivity index (χ2n) is 7.77. The van der Waals surface area contributed by atoms with Gasteiger partial charge in [0.15, 0.2) is 0 Å². The predicted octanol–water partition coefficient (Wildman–Crippen LogP) is 4.71. The summed E-state index contributed by atoms with van der Waals surface area (Å²) in [6, 6.07) is 9.00. The smallest absolute Gasteiger partial charge is 0.262 e. The molecule has 2 fully saturated rings. The molecule has 4 rings (SSSR count). The molecule has 1 aromatic heterocycles. The SMILES string of the molecule is CN=C1CCOCCN1c1ccc(NC(=O)C2(NC(=O)c3ccc(Br)s3)CCC2)cc1Cl. The second-order valence-corrected chi connectivity index (χ2v) is 10.6. The minimum atomic E-state index is -0.900. The molecule has 2 aliphatic rings. The van der Waals surface area contributed by atoms with E-state index < -0.39 is 5.54 Å². The Morgan fingerprint density at radius 3 is 2.69 bits per heavy atom. The number of aliphatic imine (C=N–C) groups is 1. The average molecular weight is 540 g/mol. The Kier molecular flexibility index (Phi) is 7.19. The molecule has 32 heavy (non-hydrogen) atoms. The van der Waals surface area contributed by atoms with Crippen LogP contribution in [0.3, 0.4) is 0 Å². The number of rotatable bonds is 5. The maximum Gasteiger partial charge on any atom is 0.262 e. The number of thiophene rings is 1. The molecule has 7 nitrogen and oxygen atoms in total. The molecule has 2 heterocycles. The quantitative estimate of drug-likeness (QED) is 0.576. The summed E-state index contributed by atoms with van der Waals surface area (Å²) in [5, 5.41) is 6.40. The van der Waals surface area contributed by atoms with Gasteiger partial charge in [0.2, 0.25) is 5.91 Å². The molecular weight excluding hydrogens is 516 g/mol. The van der Waals surface area contributed by atoms with Gasteiger partial charge in [-0.1, -0.05) is 11.6 Å². The monoisotopic (exact) mass is 538 g/mol. The molecule has 0 atom stereocenters. The first kappa shape index (κ1) is 23.2. The molecule has 2 amide bonds. The third-order valence-electron chi connectivity index (χ3n) is 5.79. The van der Waals surface area contributed by atoms with Crippen molar-refractivity contribution in [1.82, 2.24) is 5.32 Å². The van der Waals surface area contributed by atoms with Crippen LogP contribution in [0, 0.1) is 0 Å². The summed E-state index contributed by atoms with van der Waals surface area (Å²) < 4.78 is 6.43. The summed E-state index contributed by atoms with van der Waals surface area (Å²) in [4.78, 5) is 32.7. The van der Waals surface area contributed by atoms with Crippen LogP contribution in [-0.4, -0.2) is 50.0 Å². The van der Waals surface area contributed by atoms with Crippen LogP contribution in [-0.2, 0) is 9.53 Å². The van der Waals surface area contributed by atoms with E-state index in [0.717, 1.165) is 21.7 Å². The zero-order valence-electron chi connectivity index (χ0n) is 17.6. The molecule has 1 aliphatic heterocycles. The molecule has 2 aromatic rings. The number of carbonyl (C=O) groups is 2. The van der Waals surface area contributed by atoms with Crippen LogP contribution in [0.2, 0.25) is 5.02 Å². The minimum absolute atomic E-state index is 0.226. The lowest BCUT2D eigenvalue weighted by Gasteiger charge is -2.40. The van der Waals surface area contributed by atoms with Crippen LogP contribution < -0.4 is 15.5 Å². The molecule has 0 radical (unpaired) electrons. The number of amidine groups is 1. The van der Waals surface area contributed by atoms with Gasteiger partial charge in [-0.15, -0.1) is 11.3 Å². The number of carbonyl (C=O) groups excluding carboxylic acids is 2. The Labute approximate surface area is 204 Å². The summed E-state index contributed by atoms with van der Waals surface area (Å²) in [5.74, 6) is 0.451. The number of amides is 2. The minimum Gasteiger partial charge on any atom is -0.379 e. The van der Waals surface area contributed by atoms with E-state index in [1.807, 2.05) is 23.1 Å². The molecule has 1 aliphatic carbocycles. The number of halogens is 2. The van der Waals surface area contributed by atoms with E-state index in [4.69, 9.17) is 16.3 Å². The number of hydrogen-bond acceptors (Lipinski definition) is 5. The van der Waals surface area contributed by atoms with Gasteiger partial charge >= 0.3 is 0 Å². The zero-order valence-corrected chi connectivity index (χ0v) is 20.8. The maximum atomic E-state index is 13.1. The largest absolute Gasteiger partial charge is 0.379 e. The second kappa shape index (κ2) is 9.91. The van der Waals surface area contributed by atoms with Crippen molar-refractivity contribution in [3.8, 4) is 0 Å². The van der Waals surface area contributed by atoms with E-state index in [1.54, 1.807) is 19.2 Å². The molecular formula is C22H24BrClN4O3S. The Morgan fingerprint density at radius 1 is 1.25 bits per heavy atom. The van der Waals surface area contributed by atoms with Crippen LogP contribution in [0.5, 0.6) is 0 Å². The fraction of sp³-hybridized carbons (Fsp3) is 0.409. The number of benzene rings is 1. The molecule has 10 heteroatoms. The third kappa shape index (κ3) is 4.85. The Balaban J connectivity index is 1.48. The topological polar surface area (TPSA) is 83.0 Å². The lowest BCUT2D eigenvalue weighted by atomic mass is 9.75. The van der Waals surface area contributed by atoms with Gasteiger partial charge in [-0.2, -0.15) is 0 Å². The van der Waals surface area contributed by atoms with Crippen molar-refractivity contribution in [3.05, 3.63) is 44.0 Å². The molecule has 2 N–H and O–H groups in total. The van der Waals surface area contributed by atoms with E-state index in [2.05, 4.69) is 31.6 Å². The summed E-state index contributed by atoms with van der Waals surface area (Å²) in [7, 11) is 1.76. The lowest BCUT2D eigenvalue weighted by molar-refractivity contribution is -0.125. The van der Waals surface area contributed by atoms with Crippen molar-refractivity contribution in [1.29, 1.82) is 0 Å². The summed E-state index contributed by atoms with van der Waals surface area (Å²) in [6.07, 6.45) is 2.81. The highest BCUT2D eigenvalue weighted by atomic mass is 79.9. The van der Waals surface area contributed by atoms with Gasteiger partial charge in [0.1, 0.15) is 11.4 Å².